The fourth-order valence-electron chi connectivity index (χ4n) is 5.34. The van der Waals surface area contributed by atoms with Gasteiger partial charge in [-0.15, -0.1) is 0 Å². The number of benzene rings is 2. The molecule has 0 unspecified atom stereocenters. The third-order valence-corrected chi connectivity index (χ3v) is 6.81. The van der Waals surface area contributed by atoms with Gasteiger partial charge in [0, 0.05) is 30.4 Å². The minimum Gasteiger partial charge on any atom is -0.363 e. The van der Waals surface area contributed by atoms with Crippen molar-refractivity contribution in [3.05, 3.63) is 65.0 Å². The number of likely N-dealkylation sites (tertiary alicyclic amines) is 1. The molecule has 4 heteroatoms. The van der Waals surface area contributed by atoms with Crippen LogP contribution in [0.4, 0.5) is 10.1 Å². The number of amides is 1. The summed E-state index contributed by atoms with van der Waals surface area (Å²) >= 11 is 0. The van der Waals surface area contributed by atoms with Crippen LogP contribution in [0, 0.1) is 25.6 Å². The van der Waals surface area contributed by atoms with E-state index in [1.54, 1.807) is 12.1 Å². The molecule has 154 valence electrons. The number of carbonyl (C=O) groups excluding carboxylic acids is 1. The first-order valence-electron chi connectivity index (χ1n) is 10.6. The van der Waals surface area contributed by atoms with Crippen LogP contribution >= 0.6 is 0 Å². The zero-order chi connectivity index (χ0) is 20.8. The van der Waals surface area contributed by atoms with E-state index >= 15 is 0 Å². The van der Waals surface area contributed by atoms with Crippen LogP contribution in [0.2, 0.25) is 0 Å². The molecule has 0 radical (unpaired) electrons. The number of nitrogens with zero attached hydrogens (tertiary/aromatic N) is 2. The van der Waals surface area contributed by atoms with Gasteiger partial charge in [-0.1, -0.05) is 24.3 Å². The van der Waals surface area contributed by atoms with E-state index in [4.69, 9.17) is 0 Å². The summed E-state index contributed by atoms with van der Waals surface area (Å²) in [7, 11) is 0. The van der Waals surface area contributed by atoms with Gasteiger partial charge in [0.2, 0.25) is 5.91 Å². The minimum atomic E-state index is -0.192. The Balaban J connectivity index is 1.47. The summed E-state index contributed by atoms with van der Waals surface area (Å²) in [6.07, 6.45) is 2.42. The standard InChI is InChI=1S/C25H31FN2O/c1-17-8-9-19(12-18(17)2)13-24(29)27-11-10-23-20(16-27)15-25(3,4)28(23)22-7-5-6-21(26)14-22/h5-9,12,14,20,23H,10-11,13,15-16H2,1-4H3/t20-,23+/m1/s1. The summed E-state index contributed by atoms with van der Waals surface area (Å²) in [6, 6.07) is 13.6. The number of piperidine rings is 1. The average Bonchev–Trinajstić information content (AvgIpc) is 2.93. The van der Waals surface area contributed by atoms with Crippen LogP contribution in [0.25, 0.3) is 0 Å². The van der Waals surface area contributed by atoms with Crippen molar-refractivity contribution in [1.29, 1.82) is 0 Å². The highest BCUT2D eigenvalue weighted by Crippen LogP contribution is 2.44. The molecule has 0 bridgehead atoms. The fourth-order valence-corrected chi connectivity index (χ4v) is 5.34. The Bertz CT molecular complexity index is 923. The number of aryl methyl sites for hydroxylation is 2. The predicted octanol–water partition coefficient (Wildman–Crippen LogP) is 4.89. The van der Waals surface area contributed by atoms with Crippen molar-refractivity contribution in [2.45, 2.75) is 58.5 Å². The second kappa shape index (κ2) is 7.47. The van der Waals surface area contributed by atoms with Crippen molar-refractivity contribution in [2.24, 2.45) is 5.92 Å². The molecule has 4 rings (SSSR count). The lowest BCUT2D eigenvalue weighted by molar-refractivity contribution is -0.132. The first-order chi connectivity index (χ1) is 13.7. The second-order valence-electron chi connectivity index (χ2n) is 9.42. The largest absolute Gasteiger partial charge is 0.363 e. The summed E-state index contributed by atoms with van der Waals surface area (Å²) in [6.45, 7) is 10.2. The van der Waals surface area contributed by atoms with Crippen molar-refractivity contribution in [3.63, 3.8) is 0 Å². The van der Waals surface area contributed by atoms with Crippen LogP contribution in [-0.4, -0.2) is 35.5 Å². The lowest BCUT2D eigenvalue weighted by Crippen LogP contribution is -2.50. The van der Waals surface area contributed by atoms with Gasteiger partial charge < -0.3 is 9.80 Å². The van der Waals surface area contributed by atoms with E-state index in [1.165, 1.54) is 17.2 Å². The summed E-state index contributed by atoms with van der Waals surface area (Å²) in [5, 5.41) is 0. The summed E-state index contributed by atoms with van der Waals surface area (Å²) in [5.74, 6) is 0.446. The van der Waals surface area contributed by atoms with Crippen molar-refractivity contribution in [2.75, 3.05) is 18.0 Å². The van der Waals surface area contributed by atoms with E-state index in [0.29, 0.717) is 18.4 Å². The SMILES string of the molecule is Cc1ccc(CC(=O)N2CC[C@H]3[C@@H](C2)CC(C)(C)N3c2cccc(F)c2)cc1C. The lowest BCUT2D eigenvalue weighted by Gasteiger charge is -2.42. The van der Waals surface area contributed by atoms with Crippen molar-refractivity contribution >= 4 is 11.6 Å². The molecular weight excluding hydrogens is 363 g/mol. The number of carbonyl (C=O) groups is 1. The molecule has 2 aliphatic rings. The molecule has 2 fully saturated rings. The van der Waals surface area contributed by atoms with Crippen LogP contribution in [0.5, 0.6) is 0 Å². The third-order valence-electron chi connectivity index (χ3n) is 6.81. The zero-order valence-corrected chi connectivity index (χ0v) is 17.9. The Kier molecular flexibility index (Phi) is 5.14. The minimum absolute atomic E-state index is 0.0454. The van der Waals surface area contributed by atoms with Gasteiger partial charge in [-0.3, -0.25) is 4.79 Å². The predicted molar refractivity (Wildman–Crippen MR) is 116 cm³/mol. The third kappa shape index (κ3) is 3.90. The number of rotatable bonds is 3. The van der Waals surface area contributed by atoms with E-state index < -0.39 is 0 Å². The van der Waals surface area contributed by atoms with E-state index in [9.17, 15) is 9.18 Å². The van der Waals surface area contributed by atoms with Crippen molar-refractivity contribution in [1.82, 2.24) is 4.90 Å². The maximum atomic E-state index is 13.8. The fraction of sp³-hybridized carbons (Fsp3) is 0.480. The lowest BCUT2D eigenvalue weighted by atomic mass is 9.89. The van der Waals surface area contributed by atoms with Crippen molar-refractivity contribution < 1.29 is 9.18 Å². The molecule has 0 spiro atoms. The molecule has 2 aromatic carbocycles. The van der Waals surface area contributed by atoms with E-state index in [2.05, 4.69) is 50.8 Å². The zero-order valence-electron chi connectivity index (χ0n) is 17.9. The molecule has 0 aromatic heterocycles. The van der Waals surface area contributed by atoms with Gasteiger partial charge in [-0.25, -0.2) is 4.39 Å². The molecule has 2 aromatic rings. The molecule has 29 heavy (non-hydrogen) atoms. The smallest absolute Gasteiger partial charge is 0.227 e. The van der Waals surface area contributed by atoms with E-state index in [-0.39, 0.29) is 17.3 Å². The Morgan fingerprint density at radius 2 is 1.93 bits per heavy atom. The van der Waals surface area contributed by atoms with Crippen LogP contribution < -0.4 is 4.90 Å². The van der Waals surface area contributed by atoms with Gasteiger partial charge in [0.1, 0.15) is 5.82 Å². The molecule has 1 amide bonds. The van der Waals surface area contributed by atoms with Gasteiger partial charge in [0.25, 0.3) is 0 Å². The number of fused-ring (bicyclic) bond motifs is 1. The van der Waals surface area contributed by atoms with Crippen LogP contribution in [0.3, 0.4) is 0 Å². The number of hydrogen-bond donors (Lipinski definition) is 0. The quantitative estimate of drug-likeness (QED) is 0.740. The summed E-state index contributed by atoms with van der Waals surface area (Å²) < 4.78 is 13.8. The number of halogens is 1. The Morgan fingerprint density at radius 3 is 2.66 bits per heavy atom. The molecule has 0 N–H and O–H groups in total. The number of anilines is 1. The molecule has 3 nitrogen and oxygen atoms in total. The van der Waals surface area contributed by atoms with Crippen LogP contribution in [0.15, 0.2) is 42.5 Å². The first kappa shape index (κ1) is 19.9. The topological polar surface area (TPSA) is 23.6 Å². The maximum absolute atomic E-state index is 13.8. The molecule has 2 atom stereocenters. The van der Waals surface area contributed by atoms with Gasteiger partial charge in [0.05, 0.1) is 6.42 Å². The van der Waals surface area contributed by atoms with Crippen LogP contribution in [-0.2, 0) is 11.2 Å². The average molecular weight is 395 g/mol. The summed E-state index contributed by atoms with van der Waals surface area (Å²) in [4.78, 5) is 17.4. The Morgan fingerprint density at radius 1 is 1.14 bits per heavy atom. The molecule has 2 saturated heterocycles. The molecule has 0 saturated carbocycles. The van der Waals surface area contributed by atoms with Gasteiger partial charge in [-0.2, -0.15) is 0 Å². The normalized spacial score (nSPS) is 23.2. The highest BCUT2D eigenvalue weighted by Gasteiger charge is 2.48. The highest BCUT2D eigenvalue weighted by atomic mass is 19.1. The van der Waals surface area contributed by atoms with Crippen molar-refractivity contribution in [3.8, 4) is 0 Å². The Labute approximate surface area is 173 Å². The van der Waals surface area contributed by atoms with Gasteiger partial charge in [0.15, 0.2) is 0 Å². The monoisotopic (exact) mass is 394 g/mol. The van der Waals surface area contributed by atoms with Crippen LogP contribution in [0.1, 0.15) is 43.4 Å². The first-order valence-corrected chi connectivity index (χ1v) is 10.6. The molecule has 0 aliphatic carbocycles. The molecule has 2 aliphatic heterocycles. The van der Waals surface area contributed by atoms with Gasteiger partial charge in [-0.05, 0) is 81.3 Å². The maximum Gasteiger partial charge on any atom is 0.227 e. The summed E-state index contributed by atoms with van der Waals surface area (Å²) in [5.41, 5.74) is 4.49. The molecule has 2 heterocycles. The number of hydrogen-bond acceptors (Lipinski definition) is 2. The van der Waals surface area contributed by atoms with E-state index in [0.717, 1.165) is 37.2 Å². The molecular formula is C25H31FN2O. The Hall–Kier alpha value is -2.36. The highest BCUT2D eigenvalue weighted by molar-refractivity contribution is 5.79. The van der Waals surface area contributed by atoms with Gasteiger partial charge >= 0.3 is 0 Å². The van der Waals surface area contributed by atoms with E-state index in [1.807, 2.05) is 11.0 Å². The second-order valence-corrected chi connectivity index (χ2v) is 9.42.